The van der Waals surface area contributed by atoms with E-state index in [1.54, 1.807) is 6.20 Å². The molecule has 0 radical (unpaired) electrons. The Balaban J connectivity index is 1.71. The van der Waals surface area contributed by atoms with Gasteiger partial charge in [0.2, 0.25) is 11.9 Å². The van der Waals surface area contributed by atoms with Crippen LogP contribution in [0.15, 0.2) is 12.4 Å². The SMILES string of the molecule is Cn1ccnc1NCCC(=O)N1CCCC1. The number of imidazole rings is 1. The van der Waals surface area contributed by atoms with E-state index in [2.05, 4.69) is 10.3 Å². The second-order valence-electron chi connectivity index (χ2n) is 4.13. The van der Waals surface area contributed by atoms with Crippen LogP contribution in [0.2, 0.25) is 0 Å². The maximum absolute atomic E-state index is 11.7. The first-order valence-electron chi connectivity index (χ1n) is 5.76. The van der Waals surface area contributed by atoms with Gasteiger partial charge in [0.1, 0.15) is 0 Å². The number of nitrogens with one attached hydrogen (secondary N) is 1. The molecule has 2 heterocycles. The summed E-state index contributed by atoms with van der Waals surface area (Å²) in [5.41, 5.74) is 0. The van der Waals surface area contributed by atoms with E-state index >= 15 is 0 Å². The van der Waals surface area contributed by atoms with Gasteiger partial charge in [-0.3, -0.25) is 4.79 Å². The monoisotopic (exact) mass is 222 g/mol. The predicted octanol–water partition coefficient (Wildman–Crippen LogP) is 0.844. The summed E-state index contributed by atoms with van der Waals surface area (Å²) < 4.78 is 1.90. The molecule has 0 aromatic carbocycles. The Morgan fingerprint density at radius 3 is 2.88 bits per heavy atom. The minimum Gasteiger partial charge on any atom is -0.355 e. The molecule has 1 aromatic rings. The molecule has 1 aliphatic rings. The third-order valence-corrected chi connectivity index (χ3v) is 2.90. The third kappa shape index (κ3) is 2.53. The molecule has 0 atom stereocenters. The lowest BCUT2D eigenvalue weighted by Crippen LogP contribution is -2.29. The minimum absolute atomic E-state index is 0.249. The molecular weight excluding hydrogens is 204 g/mol. The van der Waals surface area contributed by atoms with Crippen LogP contribution in [0.3, 0.4) is 0 Å². The molecule has 5 nitrogen and oxygen atoms in total. The van der Waals surface area contributed by atoms with E-state index in [0.717, 1.165) is 31.9 Å². The van der Waals surface area contributed by atoms with Gasteiger partial charge in [-0.25, -0.2) is 4.98 Å². The van der Waals surface area contributed by atoms with E-state index in [1.165, 1.54) is 0 Å². The molecule has 0 aliphatic carbocycles. The zero-order chi connectivity index (χ0) is 11.4. The first-order chi connectivity index (χ1) is 7.77. The normalized spacial score (nSPS) is 15.4. The van der Waals surface area contributed by atoms with E-state index in [4.69, 9.17) is 0 Å². The number of rotatable bonds is 4. The average molecular weight is 222 g/mol. The van der Waals surface area contributed by atoms with Crippen LogP contribution in [0.4, 0.5) is 5.95 Å². The van der Waals surface area contributed by atoms with Gasteiger partial charge in [0.05, 0.1) is 0 Å². The van der Waals surface area contributed by atoms with E-state index in [0.29, 0.717) is 13.0 Å². The average Bonchev–Trinajstić information content (AvgIpc) is 2.90. The fourth-order valence-corrected chi connectivity index (χ4v) is 1.94. The predicted molar refractivity (Wildman–Crippen MR) is 62.1 cm³/mol. The van der Waals surface area contributed by atoms with E-state index in [1.807, 2.05) is 22.7 Å². The largest absolute Gasteiger partial charge is 0.355 e. The number of carbonyl (C=O) groups excluding carboxylic acids is 1. The molecule has 1 aromatic heterocycles. The fourth-order valence-electron chi connectivity index (χ4n) is 1.94. The van der Waals surface area contributed by atoms with Crippen LogP contribution in [-0.4, -0.2) is 40.0 Å². The van der Waals surface area contributed by atoms with E-state index in [-0.39, 0.29) is 5.91 Å². The highest BCUT2D eigenvalue weighted by Gasteiger charge is 2.17. The van der Waals surface area contributed by atoms with Crippen molar-refractivity contribution in [3.63, 3.8) is 0 Å². The molecule has 1 fully saturated rings. The zero-order valence-corrected chi connectivity index (χ0v) is 9.65. The topological polar surface area (TPSA) is 50.2 Å². The summed E-state index contributed by atoms with van der Waals surface area (Å²) in [6, 6.07) is 0. The Hall–Kier alpha value is -1.52. The maximum atomic E-state index is 11.7. The van der Waals surface area contributed by atoms with Crippen LogP contribution < -0.4 is 5.32 Å². The van der Waals surface area contributed by atoms with Crippen molar-refractivity contribution in [2.75, 3.05) is 25.0 Å². The van der Waals surface area contributed by atoms with Crippen molar-refractivity contribution in [1.29, 1.82) is 0 Å². The van der Waals surface area contributed by atoms with Gasteiger partial charge in [-0.05, 0) is 12.8 Å². The zero-order valence-electron chi connectivity index (χ0n) is 9.65. The number of hydrogen-bond acceptors (Lipinski definition) is 3. The Morgan fingerprint density at radius 2 is 2.25 bits per heavy atom. The van der Waals surface area contributed by atoms with Crippen molar-refractivity contribution in [1.82, 2.24) is 14.5 Å². The molecule has 1 N–H and O–H groups in total. The van der Waals surface area contributed by atoms with Crippen molar-refractivity contribution < 1.29 is 4.79 Å². The second kappa shape index (κ2) is 5.01. The second-order valence-corrected chi connectivity index (χ2v) is 4.13. The van der Waals surface area contributed by atoms with Crippen LogP contribution >= 0.6 is 0 Å². The number of aryl methyl sites for hydroxylation is 1. The quantitative estimate of drug-likeness (QED) is 0.821. The molecule has 1 amide bonds. The summed E-state index contributed by atoms with van der Waals surface area (Å²) in [6.07, 6.45) is 6.47. The highest BCUT2D eigenvalue weighted by molar-refractivity contribution is 5.76. The molecule has 16 heavy (non-hydrogen) atoms. The smallest absolute Gasteiger partial charge is 0.224 e. The molecule has 1 aliphatic heterocycles. The van der Waals surface area contributed by atoms with Crippen molar-refractivity contribution >= 4 is 11.9 Å². The highest BCUT2D eigenvalue weighted by Crippen LogP contribution is 2.09. The van der Waals surface area contributed by atoms with Gasteiger partial charge in [0.15, 0.2) is 0 Å². The van der Waals surface area contributed by atoms with Crippen LogP contribution in [0, 0.1) is 0 Å². The number of anilines is 1. The Morgan fingerprint density at radius 1 is 1.50 bits per heavy atom. The molecule has 2 rings (SSSR count). The Kier molecular flexibility index (Phi) is 3.44. The molecule has 0 saturated carbocycles. The molecule has 0 bridgehead atoms. The van der Waals surface area contributed by atoms with Gasteiger partial charge in [0, 0.05) is 45.5 Å². The lowest BCUT2D eigenvalue weighted by molar-refractivity contribution is -0.129. The summed E-state index contributed by atoms with van der Waals surface area (Å²) in [6.45, 7) is 2.52. The molecule has 0 unspecified atom stereocenters. The summed E-state index contributed by atoms with van der Waals surface area (Å²) >= 11 is 0. The molecular formula is C11H18N4O. The number of aromatic nitrogens is 2. The minimum atomic E-state index is 0.249. The summed E-state index contributed by atoms with van der Waals surface area (Å²) in [5, 5.41) is 3.15. The van der Waals surface area contributed by atoms with Crippen LogP contribution in [0.25, 0.3) is 0 Å². The van der Waals surface area contributed by atoms with Crippen molar-refractivity contribution in [3.05, 3.63) is 12.4 Å². The van der Waals surface area contributed by atoms with Gasteiger partial charge < -0.3 is 14.8 Å². The molecule has 5 heteroatoms. The lowest BCUT2D eigenvalue weighted by Gasteiger charge is -2.15. The van der Waals surface area contributed by atoms with Gasteiger partial charge in [-0.1, -0.05) is 0 Å². The van der Waals surface area contributed by atoms with Gasteiger partial charge in [0.25, 0.3) is 0 Å². The Labute approximate surface area is 95.5 Å². The molecule has 0 spiro atoms. The van der Waals surface area contributed by atoms with Gasteiger partial charge in [-0.15, -0.1) is 0 Å². The van der Waals surface area contributed by atoms with Gasteiger partial charge in [-0.2, -0.15) is 0 Å². The highest BCUT2D eigenvalue weighted by atomic mass is 16.2. The van der Waals surface area contributed by atoms with Crippen LogP contribution in [-0.2, 0) is 11.8 Å². The molecule has 88 valence electrons. The van der Waals surface area contributed by atoms with E-state index < -0.39 is 0 Å². The number of carbonyl (C=O) groups is 1. The van der Waals surface area contributed by atoms with E-state index in [9.17, 15) is 4.79 Å². The molecule has 1 saturated heterocycles. The summed E-state index contributed by atoms with van der Waals surface area (Å²) in [5.74, 6) is 1.06. The standard InChI is InChI=1S/C11H18N4O/c1-14-9-6-13-11(14)12-5-4-10(16)15-7-2-3-8-15/h6,9H,2-5,7-8H2,1H3,(H,12,13). The number of hydrogen-bond donors (Lipinski definition) is 1. The summed E-state index contributed by atoms with van der Waals surface area (Å²) in [7, 11) is 1.93. The number of likely N-dealkylation sites (tertiary alicyclic amines) is 1. The van der Waals surface area contributed by atoms with Crippen molar-refractivity contribution in [2.24, 2.45) is 7.05 Å². The third-order valence-electron chi connectivity index (χ3n) is 2.90. The number of amides is 1. The first kappa shape index (κ1) is 11.0. The maximum Gasteiger partial charge on any atom is 0.224 e. The fraction of sp³-hybridized carbons (Fsp3) is 0.636. The first-order valence-corrected chi connectivity index (χ1v) is 5.76. The lowest BCUT2D eigenvalue weighted by atomic mass is 10.3. The van der Waals surface area contributed by atoms with Crippen molar-refractivity contribution in [2.45, 2.75) is 19.3 Å². The van der Waals surface area contributed by atoms with Crippen molar-refractivity contribution in [3.8, 4) is 0 Å². The van der Waals surface area contributed by atoms with Crippen LogP contribution in [0.5, 0.6) is 0 Å². The van der Waals surface area contributed by atoms with Crippen LogP contribution in [0.1, 0.15) is 19.3 Å². The summed E-state index contributed by atoms with van der Waals surface area (Å²) in [4.78, 5) is 17.8. The van der Waals surface area contributed by atoms with Gasteiger partial charge >= 0.3 is 0 Å². The Bertz CT molecular complexity index is 355. The number of nitrogens with zero attached hydrogens (tertiary/aromatic N) is 3.